The number of nitrogens with zero attached hydrogens (tertiary/aromatic N) is 1. The quantitative estimate of drug-likeness (QED) is 0.882. The van der Waals surface area contributed by atoms with E-state index in [0.717, 1.165) is 6.42 Å². The van der Waals surface area contributed by atoms with Crippen LogP contribution in [0.1, 0.15) is 23.2 Å². The molecule has 2 aromatic rings. The second kappa shape index (κ2) is 7.00. The number of amides is 1. The van der Waals surface area contributed by atoms with Gasteiger partial charge in [-0.25, -0.2) is 12.8 Å². The van der Waals surface area contributed by atoms with Gasteiger partial charge in [-0.3, -0.25) is 4.79 Å². The molecule has 0 aliphatic carbocycles. The van der Waals surface area contributed by atoms with Gasteiger partial charge in [-0.05, 0) is 36.4 Å². The summed E-state index contributed by atoms with van der Waals surface area (Å²) < 4.78 is 40.6. The van der Waals surface area contributed by atoms with Crippen molar-refractivity contribution in [3.8, 4) is 0 Å². The SMILES string of the molecule is O=C(NC[C@H]1CCCN1S(=O)(=O)c1cccs1)c1ccccc1F. The first-order chi connectivity index (χ1) is 11.5. The van der Waals surface area contributed by atoms with Crippen LogP contribution in [0, 0.1) is 5.82 Å². The number of thiophene rings is 1. The molecule has 1 aromatic carbocycles. The highest BCUT2D eigenvalue weighted by molar-refractivity contribution is 7.91. The van der Waals surface area contributed by atoms with Gasteiger partial charge in [0.15, 0.2) is 0 Å². The molecule has 5 nitrogen and oxygen atoms in total. The molecular formula is C16H17FN2O3S2. The Labute approximate surface area is 144 Å². The van der Waals surface area contributed by atoms with E-state index in [1.165, 1.54) is 33.8 Å². The van der Waals surface area contributed by atoms with Gasteiger partial charge in [0.25, 0.3) is 15.9 Å². The summed E-state index contributed by atoms with van der Waals surface area (Å²) >= 11 is 1.18. The third-order valence-electron chi connectivity index (χ3n) is 4.00. The molecule has 1 N–H and O–H groups in total. The summed E-state index contributed by atoms with van der Waals surface area (Å²) in [7, 11) is -3.54. The lowest BCUT2D eigenvalue weighted by molar-refractivity contribution is 0.0942. The minimum Gasteiger partial charge on any atom is -0.350 e. The minimum atomic E-state index is -3.54. The van der Waals surface area contributed by atoms with Crippen LogP contribution in [-0.4, -0.2) is 37.8 Å². The fraction of sp³-hybridized carbons (Fsp3) is 0.312. The van der Waals surface area contributed by atoms with E-state index in [2.05, 4.69) is 5.32 Å². The predicted octanol–water partition coefficient (Wildman–Crippen LogP) is 2.47. The van der Waals surface area contributed by atoms with Crippen molar-refractivity contribution in [2.45, 2.75) is 23.1 Å². The number of hydrogen-bond acceptors (Lipinski definition) is 4. The third-order valence-corrected chi connectivity index (χ3v) is 7.32. The second-order valence-electron chi connectivity index (χ2n) is 5.53. The first-order valence-corrected chi connectivity index (χ1v) is 9.90. The molecule has 0 unspecified atom stereocenters. The van der Waals surface area contributed by atoms with Gasteiger partial charge in [-0.15, -0.1) is 11.3 Å². The van der Waals surface area contributed by atoms with Gasteiger partial charge in [0.1, 0.15) is 10.0 Å². The Hall–Kier alpha value is -1.77. The first-order valence-electron chi connectivity index (χ1n) is 7.58. The maximum atomic E-state index is 13.6. The molecule has 24 heavy (non-hydrogen) atoms. The van der Waals surface area contributed by atoms with Crippen LogP contribution < -0.4 is 5.32 Å². The topological polar surface area (TPSA) is 66.5 Å². The van der Waals surface area contributed by atoms with Crippen molar-refractivity contribution in [1.29, 1.82) is 0 Å². The standard InChI is InChI=1S/C16H17FN2O3S2/c17-14-7-2-1-6-13(14)16(20)18-11-12-5-3-9-19(12)24(21,22)15-8-4-10-23-15/h1-2,4,6-8,10,12H,3,5,9,11H2,(H,18,20)/t12-/m1/s1. The van der Waals surface area contributed by atoms with Crippen LogP contribution in [0.2, 0.25) is 0 Å². The zero-order chi connectivity index (χ0) is 17.2. The highest BCUT2D eigenvalue weighted by Crippen LogP contribution is 2.28. The molecule has 0 saturated carbocycles. The number of nitrogens with one attached hydrogen (secondary N) is 1. The van der Waals surface area contributed by atoms with Gasteiger partial charge in [0.05, 0.1) is 5.56 Å². The van der Waals surface area contributed by atoms with Crippen molar-refractivity contribution in [1.82, 2.24) is 9.62 Å². The number of sulfonamides is 1. The maximum Gasteiger partial charge on any atom is 0.254 e. The molecule has 1 aliphatic rings. The zero-order valence-corrected chi connectivity index (χ0v) is 14.4. The van der Waals surface area contributed by atoms with Gasteiger partial charge < -0.3 is 5.32 Å². The van der Waals surface area contributed by atoms with Gasteiger partial charge in [0.2, 0.25) is 0 Å². The second-order valence-corrected chi connectivity index (χ2v) is 8.60. The number of hydrogen-bond donors (Lipinski definition) is 1. The lowest BCUT2D eigenvalue weighted by Crippen LogP contribution is -2.43. The molecule has 2 heterocycles. The van der Waals surface area contributed by atoms with Gasteiger partial charge in [-0.2, -0.15) is 4.31 Å². The highest BCUT2D eigenvalue weighted by atomic mass is 32.2. The Morgan fingerprint density at radius 1 is 1.29 bits per heavy atom. The summed E-state index contributed by atoms with van der Waals surface area (Å²) in [5, 5.41) is 4.37. The van der Waals surface area contributed by atoms with Crippen molar-refractivity contribution in [3.63, 3.8) is 0 Å². The molecular weight excluding hydrogens is 351 g/mol. The smallest absolute Gasteiger partial charge is 0.254 e. The summed E-state index contributed by atoms with van der Waals surface area (Å²) in [4.78, 5) is 12.1. The third kappa shape index (κ3) is 3.35. The molecule has 128 valence electrons. The van der Waals surface area contributed by atoms with E-state index in [4.69, 9.17) is 0 Å². The van der Waals surface area contributed by atoms with Crippen LogP contribution in [-0.2, 0) is 10.0 Å². The van der Waals surface area contributed by atoms with E-state index < -0.39 is 21.7 Å². The molecule has 8 heteroatoms. The Kier molecular flexibility index (Phi) is 4.98. The van der Waals surface area contributed by atoms with E-state index in [9.17, 15) is 17.6 Å². The van der Waals surface area contributed by atoms with Gasteiger partial charge in [-0.1, -0.05) is 18.2 Å². The molecule has 1 fully saturated rings. The van der Waals surface area contributed by atoms with Crippen molar-refractivity contribution in [2.75, 3.05) is 13.1 Å². The van der Waals surface area contributed by atoms with Gasteiger partial charge in [0, 0.05) is 19.1 Å². The van der Waals surface area contributed by atoms with Crippen LogP contribution in [0.25, 0.3) is 0 Å². The summed E-state index contributed by atoms with van der Waals surface area (Å²) in [5.74, 6) is -1.13. The lowest BCUT2D eigenvalue weighted by atomic mass is 10.2. The minimum absolute atomic E-state index is 0.0387. The predicted molar refractivity (Wildman–Crippen MR) is 90.0 cm³/mol. The maximum absolute atomic E-state index is 13.6. The van der Waals surface area contributed by atoms with Gasteiger partial charge >= 0.3 is 0 Å². The largest absolute Gasteiger partial charge is 0.350 e. The number of rotatable bonds is 5. The fourth-order valence-corrected chi connectivity index (χ4v) is 5.62. The Balaban J connectivity index is 1.69. The number of carbonyl (C=O) groups is 1. The van der Waals surface area contributed by atoms with Crippen LogP contribution in [0.4, 0.5) is 4.39 Å². The van der Waals surface area contributed by atoms with Crippen molar-refractivity contribution in [3.05, 3.63) is 53.2 Å². The highest BCUT2D eigenvalue weighted by Gasteiger charge is 2.35. The fourth-order valence-electron chi connectivity index (χ4n) is 2.81. The summed E-state index contributed by atoms with van der Waals surface area (Å²) in [6.07, 6.45) is 1.41. The molecule has 1 atom stereocenters. The molecule has 3 rings (SSSR count). The van der Waals surface area contributed by atoms with E-state index >= 15 is 0 Å². The monoisotopic (exact) mass is 368 g/mol. The first kappa shape index (κ1) is 17.1. The number of benzene rings is 1. The van der Waals surface area contributed by atoms with Crippen LogP contribution in [0.15, 0.2) is 46.0 Å². The molecule has 1 aromatic heterocycles. The summed E-state index contributed by atoms with van der Waals surface area (Å²) in [6.45, 7) is 0.595. The molecule has 1 saturated heterocycles. The average molecular weight is 368 g/mol. The molecule has 0 radical (unpaired) electrons. The van der Waals surface area contributed by atoms with Crippen molar-refractivity contribution >= 4 is 27.3 Å². The molecule has 0 spiro atoms. The van der Waals surface area contributed by atoms with Crippen molar-refractivity contribution < 1.29 is 17.6 Å². The summed E-state index contributed by atoms with van der Waals surface area (Å²) in [6, 6.07) is 8.68. The number of halogens is 1. The summed E-state index contributed by atoms with van der Waals surface area (Å²) in [5.41, 5.74) is -0.0387. The van der Waals surface area contributed by atoms with E-state index in [1.807, 2.05) is 0 Å². The number of carbonyl (C=O) groups excluding carboxylic acids is 1. The Morgan fingerprint density at radius 3 is 2.79 bits per heavy atom. The van der Waals surface area contributed by atoms with Crippen LogP contribution in [0.5, 0.6) is 0 Å². The van der Waals surface area contributed by atoms with Crippen molar-refractivity contribution in [2.24, 2.45) is 0 Å². The molecule has 1 aliphatic heterocycles. The van der Waals surface area contributed by atoms with E-state index in [0.29, 0.717) is 17.2 Å². The Morgan fingerprint density at radius 2 is 2.08 bits per heavy atom. The zero-order valence-electron chi connectivity index (χ0n) is 12.8. The van der Waals surface area contributed by atoms with Crippen LogP contribution >= 0.6 is 11.3 Å². The van der Waals surface area contributed by atoms with Crippen LogP contribution in [0.3, 0.4) is 0 Å². The van der Waals surface area contributed by atoms with E-state index in [1.54, 1.807) is 23.6 Å². The normalized spacial score (nSPS) is 18.6. The lowest BCUT2D eigenvalue weighted by Gasteiger charge is -2.23. The van der Waals surface area contributed by atoms with E-state index in [-0.39, 0.29) is 18.2 Å². The average Bonchev–Trinajstić information content (AvgIpc) is 3.25. The molecule has 0 bridgehead atoms. The Bertz CT molecular complexity index is 822. The molecule has 1 amide bonds.